The summed E-state index contributed by atoms with van der Waals surface area (Å²) in [5, 5.41) is 3.68. The summed E-state index contributed by atoms with van der Waals surface area (Å²) >= 11 is 3.44. The lowest BCUT2D eigenvalue weighted by atomic mass is 10.1. The van der Waals surface area contributed by atoms with Crippen LogP contribution in [-0.2, 0) is 9.47 Å². The molecule has 0 aromatic carbocycles. The van der Waals surface area contributed by atoms with E-state index in [1.54, 1.807) is 20.8 Å². The second kappa shape index (κ2) is 12.4. The number of halogens is 1. The number of alkyl carbamates (subject to hydrolysis) is 1. The zero-order valence-corrected chi connectivity index (χ0v) is 18.9. The average molecular weight is 437 g/mol. The van der Waals surface area contributed by atoms with Gasteiger partial charge in [-0.15, -0.1) is 0 Å². The highest BCUT2D eigenvalue weighted by atomic mass is 79.9. The molecule has 0 aromatic heterocycles. The summed E-state index contributed by atoms with van der Waals surface area (Å²) < 4.78 is 10.6. The maximum Gasteiger partial charge on any atom is 0.411 e. The molecule has 0 fully saturated rings. The van der Waals surface area contributed by atoms with E-state index in [1.807, 2.05) is 20.8 Å². The first-order valence-electron chi connectivity index (χ1n) is 9.45. The number of nitrogens with one attached hydrogen (secondary N) is 1. The van der Waals surface area contributed by atoms with E-state index in [1.165, 1.54) is 24.2 Å². The number of carbonyl (C=O) groups excluding carboxylic acids is 2. The Balaban J connectivity index is 4.42. The molecule has 0 rings (SSSR count). The lowest BCUT2D eigenvalue weighted by Gasteiger charge is -2.28. The van der Waals surface area contributed by atoms with Crippen molar-refractivity contribution in [2.24, 2.45) is 0 Å². The number of rotatable bonds is 10. The monoisotopic (exact) mass is 436 g/mol. The van der Waals surface area contributed by atoms with Gasteiger partial charge in [0.2, 0.25) is 0 Å². The number of carbonyl (C=O) groups is 2. The molecule has 1 N–H and O–H groups in total. The van der Waals surface area contributed by atoms with Gasteiger partial charge in [0.15, 0.2) is 0 Å². The molecule has 0 bridgehead atoms. The first-order valence-corrected chi connectivity index (χ1v) is 10.6. The van der Waals surface area contributed by atoms with Crippen molar-refractivity contribution in [3.63, 3.8) is 0 Å². The van der Waals surface area contributed by atoms with Gasteiger partial charge in [0.1, 0.15) is 11.2 Å². The summed E-state index contributed by atoms with van der Waals surface area (Å²) in [6, 6.07) is 0. The van der Waals surface area contributed by atoms with Crippen molar-refractivity contribution in [1.82, 2.24) is 10.2 Å². The fraction of sp³-hybridized carbons (Fsp3) is 0.895. The average Bonchev–Trinajstić information content (AvgIpc) is 2.45. The SMILES string of the molecule is CC(C)(C)OC(=O)NCN(CCCCCCCCBr)C(=O)OC(C)(C)C. The van der Waals surface area contributed by atoms with Gasteiger partial charge in [-0.25, -0.2) is 9.59 Å². The molecule has 6 nitrogen and oxygen atoms in total. The predicted molar refractivity (Wildman–Crippen MR) is 109 cm³/mol. The van der Waals surface area contributed by atoms with Crippen molar-refractivity contribution in [3.05, 3.63) is 0 Å². The Morgan fingerprint density at radius 2 is 1.35 bits per heavy atom. The molecular formula is C19H37BrN2O4. The number of unbranched alkanes of at least 4 members (excludes halogenated alkanes) is 5. The molecule has 0 saturated carbocycles. The summed E-state index contributed by atoms with van der Waals surface area (Å²) in [5.41, 5.74) is -1.15. The van der Waals surface area contributed by atoms with Crippen molar-refractivity contribution >= 4 is 28.1 Å². The van der Waals surface area contributed by atoms with Gasteiger partial charge in [-0.05, 0) is 54.4 Å². The molecule has 0 aliphatic carbocycles. The molecule has 0 heterocycles. The number of hydrogen-bond acceptors (Lipinski definition) is 4. The lowest BCUT2D eigenvalue weighted by Crippen LogP contribution is -2.45. The van der Waals surface area contributed by atoms with Crippen LogP contribution in [0.2, 0.25) is 0 Å². The highest BCUT2D eigenvalue weighted by Crippen LogP contribution is 2.12. The third-order valence-corrected chi connectivity index (χ3v) is 3.84. The molecule has 7 heteroatoms. The normalized spacial score (nSPS) is 11.8. The second-order valence-corrected chi connectivity index (χ2v) is 9.18. The topological polar surface area (TPSA) is 67.9 Å². The maximum absolute atomic E-state index is 12.4. The molecular weight excluding hydrogens is 400 g/mol. The quantitative estimate of drug-likeness (QED) is 0.281. The molecule has 154 valence electrons. The van der Waals surface area contributed by atoms with E-state index in [4.69, 9.17) is 9.47 Å². The molecule has 0 aliphatic heterocycles. The third-order valence-electron chi connectivity index (χ3n) is 3.28. The Morgan fingerprint density at radius 3 is 1.85 bits per heavy atom. The van der Waals surface area contributed by atoms with Gasteiger partial charge in [0.25, 0.3) is 0 Å². The molecule has 26 heavy (non-hydrogen) atoms. The van der Waals surface area contributed by atoms with E-state index in [2.05, 4.69) is 21.2 Å². The predicted octanol–water partition coefficient (Wildman–Crippen LogP) is 5.44. The first-order chi connectivity index (χ1) is 11.9. The van der Waals surface area contributed by atoms with Gasteiger partial charge in [-0.2, -0.15) is 0 Å². The largest absolute Gasteiger partial charge is 0.444 e. The smallest absolute Gasteiger partial charge is 0.411 e. The Bertz CT molecular complexity index is 417. The van der Waals surface area contributed by atoms with Crippen molar-refractivity contribution in [2.45, 2.75) is 91.3 Å². The summed E-state index contributed by atoms with van der Waals surface area (Å²) in [4.78, 5) is 25.7. The van der Waals surface area contributed by atoms with Gasteiger partial charge in [0.05, 0.1) is 6.67 Å². The second-order valence-electron chi connectivity index (χ2n) is 8.39. The van der Waals surface area contributed by atoms with E-state index < -0.39 is 23.4 Å². The summed E-state index contributed by atoms with van der Waals surface area (Å²) in [5.74, 6) is 0. The van der Waals surface area contributed by atoms with Crippen LogP contribution in [0.1, 0.15) is 80.1 Å². The molecule has 0 aliphatic rings. The van der Waals surface area contributed by atoms with Crippen LogP contribution >= 0.6 is 15.9 Å². The number of nitrogens with zero attached hydrogens (tertiary/aromatic N) is 1. The van der Waals surface area contributed by atoms with E-state index in [-0.39, 0.29) is 6.67 Å². The fourth-order valence-corrected chi connectivity index (χ4v) is 2.54. The summed E-state index contributed by atoms with van der Waals surface area (Å²) in [7, 11) is 0. The Morgan fingerprint density at radius 1 is 0.846 bits per heavy atom. The van der Waals surface area contributed by atoms with Crippen molar-refractivity contribution in [3.8, 4) is 0 Å². The number of ether oxygens (including phenoxy) is 2. The van der Waals surface area contributed by atoms with E-state index in [9.17, 15) is 9.59 Å². The summed E-state index contributed by atoms with van der Waals surface area (Å²) in [6.07, 6.45) is 5.74. The standard InChI is InChI=1S/C19H37BrN2O4/c1-18(2,3)25-16(23)21-15-22(17(24)26-19(4,5)6)14-12-10-8-7-9-11-13-20/h7-15H2,1-6H3,(H,21,23). The minimum Gasteiger partial charge on any atom is -0.444 e. The van der Waals surface area contributed by atoms with Gasteiger partial charge >= 0.3 is 12.2 Å². The van der Waals surface area contributed by atoms with Crippen LogP contribution in [0.15, 0.2) is 0 Å². The van der Waals surface area contributed by atoms with Crippen molar-refractivity contribution < 1.29 is 19.1 Å². The van der Waals surface area contributed by atoms with Crippen LogP contribution in [0.5, 0.6) is 0 Å². The Hall–Kier alpha value is -0.980. The van der Waals surface area contributed by atoms with Gasteiger partial charge in [-0.1, -0.05) is 41.6 Å². The van der Waals surface area contributed by atoms with Gasteiger partial charge in [-0.3, -0.25) is 4.90 Å². The van der Waals surface area contributed by atoms with E-state index >= 15 is 0 Å². The molecule has 0 unspecified atom stereocenters. The van der Waals surface area contributed by atoms with Crippen LogP contribution in [0.3, 0.4) is 0 Å². The fourth-order valence-electron chi connectivity index (χ4n) is 2.14. The van der Waals surface area contributed by atoms with Crippen molar-refractivity contribution in [1.29, 1.82) is 0 Å². The molecule has 0 spiro atoms. The van der Waals surface area contributed by atoms with E-state index in [0.717, 1.165) is 24.6 Å². The number of alkyl halides is 1. The first kappa shape index (κ1) is 25.0. The zero-order valence-electron chi connectivity index (χ0n) is 17.3. The number of hydrogen-bond donors (Lipinski definition) is 1. The van der Waals surface area contributed by atoms with Crippen LogP contribution in [0.4, 0.5) is 9.59 Å². The lowest BCUT2D eigenvalue weighted by molar-refractivity contribution is 0.0205. The van der Waals surface area contributed by atoms with Gasteiger partial charge in [0, 0.05) is 11.9 Å². The minimum atomic E-state index is -0.573. The Kier molecular flexibility index (Phi) is 11.9. The van der Waals surface area contributed by atoms with Crippen LogP contribution < -0.4 is 5.32 Å². The number of amides is 2. The van der Waals surface area contributed by atoms with Crippen LogP contribution in [0, 0.1) is 0 Å². The molecule has 0 atom stereocenters. The zero-order chi connectivity index (χ0) is 20.2. The molecule has 0 aromatic rings. The highest BCUT2D eigenvalue weighted by Gasteiger charge is 2.23. The van der Waals surface area contributed by atoms with Crippen LogP contribution in [0.25, 0.3) is 0 Å². The molecule has 0 radical (unpaired) electrons. The van der Waals surface area contributed by atoms with Gasteiger partial charge < -0.3 is 14.8 Å². The maximum atomic E-state index is 12.4. The minimum absolute atomic E-state index is 0.0768. The van der Waals surface area contributed by atoms with E-state index in [0.29, 0.717) is 6.54 Å². The highest BCUT2D eigenvalue weighted by molar-refractivity contribution is 9.09. The Labute approximate surface area is 167 Å². The molecule has 2 amide bonds. The third kappa shape index (κ3) is 15.3. The molecule has 0 saturated heterocycles. The van der Waals surface area contributed by atoms with Crippen molar-refractivity contribution in [2.75, 3.05) is 18.5 Å². The van der Waals surface area contributed by atoms with Crippen LogP contribution in [-0.4, -0.2) is 46.8 Å². The summed E-state index contributed by atoms with van der Waals surface area (Å²) in [6.45, 7) is 11.5.